The minimum atomic E-state index is 0.175. The van der Waals surface area contributed by atoms with Crippen LogP contribution in [0.15, 0.2) is 34.9 Å². The van der Waals surface area contributed by atoms with Gasteiger partial charge < -0.3 is 13.9 Å². The van der Waals surface area contributed by atoms with Gasteiger partial charge in [0.25, 0.3) is 0 Å². The van der Waals surface area contributed by atoms with Crippen molar-refractivity contribution in [3.8, 4) is 17.6 Å². The van der Waals surface area contributed by atoms with Crippen LogP contribution in [-0.2, 0) is 5.88 Å². The van der Waals surface area contributed by atoms with Gasteiger partial charge in [-0.25, -0.2) is 0 Å². The molecule has 1 aromatic heterocycles. The van der Waals surface area contributed by atoms with Crippen LogP contribution >= 0.6 is 11.6 Å². The number of ether oxygens (including phenoxy) is 2. The summed E-state index contributed by atoms with van der Waals surface area (Å²) in [5, 5.41) is 0. The molecule has 0 radical (unpaired) electrons. The number of nitrogens with zero attached hydrogens (tertiary/aromatic N) is 1. The molecular formula is C12H12ClNO3. The van der Waals surface area contributed by atoms with Gasteiger partial charge in [0.05, 0.1) is 18.2 Å². The Morgan fingerprint density at radius 3 is 2.88 bits per heavy atom. The fraction of sp³-hybridized carbons (Fsp3) is 0.250. The standard InChI is InChI=1S/C12H12ClNO3/c1-2-15-10-4-3-5-11(6-10)17-12-14-9(7-13)8-16-12/h3-6,8H,2,7H2,1H3. The maximum Gasteiger partial charge on any atom is 0.399 e. The maximum absolute atomic E-state index is 5.61. The molecule has 5 heteroatoms. The van der Waals surface area contributed by atoms with E-state index in [4.69, 9.17) is 25.5 Å². The fourth-order valence-corrected chi connectivity index (χ4v) is 1.41. The van der Waals surface area contributed by atoms with Crippen molar-refractivity contribution in [3.05, 3.63) is 36.2 Å². The lowest BCUT2D eigenvalue weighted by Gasteiger charge is -2.04. The fourth-order valence-electron chi connectivity index (χ4n) is 1.29. The summed E-state index contributed by atoms with van der Waals surface area (Å²) in [6.45, 7) is 2.53. The number of alkyl halides is 1. The number of halogens is 1. The average molecular weight is 254 g/mol. The third-order valence-corrected chi connectivity index (χ3v) is 2.26. The van der Waals surface area contributed by atoms with E-state index >= 15 is 0 Å². The molecule has 4 nitrogen and oxygen atoms in total. The summed E-state index contributed by atoms with van der Waals surface area (Å²) in [4.78, 5) is 4.04. The molecule has 0 spiro atoms. The van der Waals surface area contributed by atoms with Gasteiger partial charge in [-0.05, 0) is 19.1 Å². The molecule has 0 aliphatic heterocycles. The number of aromatic nitrogens is 1. The van der Waals surface area contributed by atoms with E-state index in [1.165, 1.54) is 6.26 Å². The van der Waals surface area contributed by atoms with Crippen molar-refractivity contribution in [2.45, 2.75) is 12.8 Å². The van der Waals surface area contributed by atoms with Crippen molar-refractivity contribution < 1.29 is 13.9 Å². The molecule has 0 unspecified atom stereocenters. The summed E-state index contributed by atoms with van der Waals surface area (Å²) in [7, 11) is 0. The summed E-state index contributed by atoms with van der Waals surface area (Å²) < 4.78 is 15.9. The highest BCUT2D eigenvalue weighted by Gasteiger charge is 2.06. The van der Waals surface area contributed by atoms with E-state index in [1.54, 1.807) is 12.1 Å². The monoisotopic (exact) mass is 253 g/mol. The van der Waals surface area contributed by atoms with E-state index in [0.717, 1.165) is 5.75 Å². The number of hydrogen-bond donors (Lipinski definition) is 0. The number of hydrogen-bond acceptors (Lipinski definition) is 4. The molecule has 0 aliphatic rings. The molecule has 0 fully saturated rings. The number of benzene rings is 1. The predicted octanol–water partition coefficient (Wildman–Crippen LogP) is 3.60. The molecule has 2 rings (SSSR count). The van der Waals surface area contributed by atoms with Crippen molar-refractivity contribution in [2.24, 2.45) is 0 Å². The Morgan fingerprint density at radius 1 is 1.35 bits per heavy atom. The Labute approximate surface area is 104 Å². The maximum atomic E-state index is 5.61. The van der Waals surface area contributed by atoms with Crippen LogP contribution in [0.25, 0.3) is 0 Å². The number of rotatable bonds is 5. The minimum Gasteiger partial charge on any atom is -0.494 e. The van der Waals surface area contributed by atoms with E-state index in [1.807, 2.05) is 19.1 Å². The van der Waals surface area contributed by atoms with Gasteiger partial charge in [0.15, 0.2) is 0 Å². The summed E-state index contributed by atoms with van der Waals surface area (Å²) in [5.41, 5.74) is 0.641. The first-order valence-corrected chi connectivity index (χ1v) is 5.76. The molecule has 0 N–H and O–H groups in total. The zero-order valence-electron chi connectivity index (χ0n) is 9.35. The molecule has 1 aromatic carbocycles. The molecule has 0 saturated heterocycles. The van der Waals surface area contributed by atoms with Crippen LogP contribution in [0, 0.1) is 0 Å². The molecule has 1 heterocycles. The third kappa shape index (κ3) is 3.14. The lowest BCUT2D eigenvalue weighted by atomic mass is 10.3. The van der Waals surface area contributed by atoms with E-state index in [0.29, 0.717) is 23.9 Å². The highest BCUT2D eigenvalue weighted by molar-refractivity contribution is 6.16. The summed E-state index contributed by atoms with van der Waals surface area (Å²) >= 11 is 5.61. The molecule has 0 saturated carbocycles. The van der Waals surface area contributed by atoms with Crippen LogP contribution in [0.5, 0.6) is 17.6 Å². The molecule has 0 atom stereocenters. The Hall–Kier alpha value is -1.68. The van der Waals surface area contributed by atoms with Crippen molar-refractivity contribution >= 4 is 11.6 Å². The van der Waals surface area contributed by atoms with Crippen LogP contribution < -0.4 is 9.47 Å². The summed E-state index contributed by atoms with van der Waals surface area (Å²) in [5.74, 6) is 1.65. The Kier molecular flexibility index (Phi) is 3.88. The van der Waals surface area contributed by atoms with E-state index in [9.17, 15) is 0 Å². The van der Waals surface area contributed by atoms with Gasteiger partial charge >= 0.3 is 6.08 Å². The summed E-state index contributed by atoms with van der Waals surface area (Å²) in [6, 6.07) is 7.27. The van der Waals surface area contributed by atoms with Crippen molar-refractivity contribution in [1.29, 1.82) is 0 Å². The highest BCUT2D eigenvalue weighted by atomic mass is 35.5. The van der Waals surface area contributed by atoms with Gasteiger partial charge in [0.2, 0.25) is 0 Å². The lowest BCUT2D eigenvalue weighted by Crippen LogP contribution is -1.91. The normalized spacial score (nSPS) is 10.2. The second kappa shape index (κ2) is 5.59. The van der Waals surface area contributed by atoms with Gasteiger partial charge in [-0.1, -0.05) is 6.07 Å². The Balaban J connectivity index is 2.09. The van der Waals surface area contributed by atoms with Crippen LogP contribution in [-0.4, -0.2) is 11.6 Å². The average Bonchev–Trinajstić information content (AvgIpc) is 2.78. The van der Waals surface area contributed by atoms with Gasteiger partial charge in [0.1, 0.15) is 17.8 Å². The van der Waals surface area contributed by atoms with Crippen LogP contribution in [0.1, 0.15) is 12.6 Å². The van der Waals surface area contributed by atoms with E-state index in [-0.39, 0.29) is 6.08 Å². The first kappa shape index (κ1) is 11.8. The topological polar surface area (TPSA) is 44.5 Å². The molecule has 0 aliphatic carbocycles. The van der Waals surface area contributed by atoms with Crippen LogP contribution in [0.4, 0.5) is 0 Å². The second-order valence-corrected chi connectivity index (χ2v) is 3.52. The quantitative estimate of drug-likeness (QED) is 0.764. The zero-order chi connectivity index (χ0) is 12.1. The van der Waals surface area contributed by atoms with Crippen molar-refractivity contribution in [2.75, 3.05) is 6.61 Å². The van der Waals surface area contributed by atoms with Gasteiger partial charge in [-0.3, -0.25) is 0 Å². The highest BCUT2D eigenvalue weighted by Crippen LogP contribution is 2.24. The minimum absolute atomic E-state index is 0.175. The van der Waals surface area contributed by atoms with Crippen LogP contribution in [0.3, 0.4) is 0 Å². The van der Waals surface area contributed by atoms with E-state index in [2.05, 4.69) is 4.98 Å². The zero-order valence-corrected chi connectivity index (χ0v) is 10.1. The second-order valence-electron chi connectivity index (χ2n) is 3.25. The largest absolute Gasteiger partial charge is 0.494 e. The van der Waals surface area contributed by atoms with Gasteiger partial charge in [0, 0.05) is 6.07 Å². The Bertz CT molecular complexity index is 484. The third-order valence-electron chi connectivity index (χ3n) is 1.99. The smallest absolute Gasteiger partial charge is 0.399 e. The molecule has 0 bridgehead atoms. The van der Waals surface area contributed by atoms with Crippen molar-refractivity contribution in [1.82, 2.24) is 4.98 Å². The molecule has 0 amide bonds. The summed E-state index contributed by atoms with van der Waals surface area (Å²) in [6.07, 6.45) is 1.64. The van der Waals surface area contributed by atoms with Gasteiger partial charge in [-0.15, -0.1) is 11.6 Å². The lowest BCUT2D eigenvalue weighted by molar-refractivity contribution is 0.321. The number of oxazole rings is 1. The predicted molar refractivity (Wildman–Crippen MR) is 63.7 cm³/mol. The van der Waals surface area contributed by atoms with Gasteiger partial charge in [-0.2, -0.15) is 4.98 Å². The van der Waals surface area contributed by atoms with E-state index < -0.39 is 0 Å². The molecule has 17 heavy (non-hydrogen) atoms. The first-order chi connectivity index (χ1) is 8.31. The first-order valence-electron chi connectivity index (χ1n) is 5.23. The Morgan fingerprint density at radius 2 is 2.18 bits per heavy atom. The SMILES string of the molecule is CCOc1cccc(Oc2nc(CCl)co2)c1. The molecular weight excluding hydrogens is 242 g/mol. The molecule has 2 aromatic rings. The van der Waals surface area contributed by atoms with Crippen LogP contribution in [0.2, 0.25) is 0 Å². The van der Waals surface area contributed by atoms with Crippen molar-refractivity contribution in [3.63, 3.8) is 0 Å². The molecule has 90 valence electrons.